The van der Waals surface area contributed by atoms with E-state index in [-0.39, 0.29) is 18.1 Å². The zero-order chi connectivity index (χ0) is 14.7. The van der Waals surface area contributed by atoms with Crippen LogP contribution in [0.15, 0.2) is 36.5 Å². The predicted molar refractivity (Wildman–Crippen MR) is 83.3 cm³/mol. The van der Waals surface area contributed by atoms with Gasteiger partial charge >= 0.3 is 6.03 Å². The Bertz CT molecular complexity index is 623. The topological polar surface area (TPSA) is 74.2 Å². The van der Waals surface area contributed by atoms with Gasteiger partial charge in [-0.3, -0.25) is 5.32 Å². The number of aromatic nitrogens is 1. The summed E-state index contributed by atoms with van der Waals surface area (Å²) in [7, 11) is 0. The number of urea groups is 1. The van der Waals surface area contributed by atoms with E-state index >= 15 is 0 Å². The van der Waals surface area contributed by atoms with Crippen molar-refractivity contribution in [1.29, 1.82) is 0 Å². The zero-order valence-electron chi connectivity index (χ0n) is 11.5. The van der Waals surface area contributed by atoms with Gasteiger partial charge in [0.1, 0.15) is 0 Å². The highest BCUT2D eigenvalue weighted by molar-refractivity contribution is 7.19. The lowest BCUT2D eigenvalue weighted by Gasteiger charge is -2.12. The molecule has 0 saturated heterocycles. The minimum Gasteiger partial charge on any atom is -0.396 e. The summed E-state index contributed by atoms with van der Waals surface area (Å²) in [6, 6.07) is 9.65. The van der Waals surface area contributed by atoms with Crippen LogP contribution in [0.2, 0.25) is 0 Å². The minimum atomic E-state index is -0.274. The highest BCUT2D eigenvalue weighted by Gasteiger charge is 2.42. The second-order valence-electron chi connectivity index (χ2n) is 5.36. The number of hydrogen-bond acceptors (Lipinski definition) is 4. The van der Waals surface area contributed by atoms with Gasteiger partial charge in [-0.1, -0.05) is 41.7 Å². The van der Waals surface area contributed by atoms with Crippen LogP contribution in [-0.4, -0.2) is 29.3 Å². The molecule has 1 fully saturated rings. The van der Waals surface area contributed by atoms with Crippen LogP contribution in [-0.2, 0) is 0 Å². The fourth-order valence-electron chi connectivity index (χ4n) is 2.04. The first-order chi connectivity index (χ1) is 10.2. The number of thiazole rings is 1. The monoisotopic (exact) mass is 303 g/mol. The van der Waals surface area contributed by atoms with Gasteiger partial charge in [-0.15, -0.1) is 0 Å². The largest absolute Gasteiger partial charge is 0.396 e. The van der Waals surface area contributed by atoms with E-state index in [0.717, 1.165) is 23.3 Å². The number of carbonyl (C=O) groups is 1. The number of anilines is 1. The third-order valence-electron chi connectivity index (χ3n) is 3.70. The maximum Gasteiger partial charge on any atom is 0.321 e. The highest BCUT2D eigenvalue weighted by Crippen LogP contribution is 2.44. The van der Waals surface area contributed by atoms with Gasteiger partial charge in [-0.2, -0.15) is 0 Å². The Labute approximate surface area is 127 Å². The zero-order valence-corrected chi connectivity index (χ0v) is 12.3. The third-order valence-corrected chi connectivity index (χ3v) is 4.66. The van der Waals surface area contributed by atoms with Crippen molar-refractivity contribution in [2.45, 2.75) is 12.8 Å². The van der Waals surface area contributed by atoms with Crippen molar-refractivity contribution in [3.63, 3.8) is 0 Å². The molecule has 2 aromatic rings. The molecule has 0 aliphatic heterocycles. The van der Waals surface area contributed by atoms with Crippen LogP contribution in [0.3, 0.4) is 0 Å². The number of rotatable bonds is 5. The van der Waals surface area contributed by atoms with Crippen LogP contribution >= 0.6 is 11.3 Å². The van der Waals surface area contributed by atoms with E-state index in [1.54, 1.807) is 6.20 Å². The van der Waals surface area contributed by atoms with E-state index in [9.17, 15) is 9.90 Å². The lowest BCUT2D eigenvalue weighted by molar-refractivity contribution is 0.206. The van der Waals surface area contributed by atoms with Gasteiger partial charge in [0.15, 0.2) is 5.13 Å². The standard InChI is InChI=1S/C15H17N3O2S/c19-10-15(6-7-15)9-17-13(20)18-14-16-8-12(21-14)11-4-2-1-3-5-11/h1-5,8,19H,6-7,9-10H2,(H2,16,17,18,20). The molecule has 1 aromatic heterocycles. The summed E-state index contributed by atoms with van der Waals surface area (Å²) in [6.45, 7) is 0.634. The Kier molecular flexibility index (Phi) is 3.90. The first-order valence-electron chi connectivity index (χ1n) is 6.88. The summed E-state index contributed by atoms with van der Waals surface area (Å²) in [5, 5.41) is 15.3. The smallest absolute Gasteiger partial charge is 0.321 e. The number of nitrogens with zero attached hydrogens (tertiary/aromatic N) is 1. The maximum atomic E-state index is 11.8. The second kappa shape index (κ2) is 5.83. The Morgan fingerprint density at radius 2 is 2.10 bits per heavy atom. The van der Waals surface area contributed by atoms with Crippen LogP contribution in [0, 0.1) is 5.41 Å². The second-order valence-corrected chi connectivity index (χ2v) is 6.39. The Balaban J connectivity index is 1.56. The van der Waals surface area contributed by atoms with E-state index in [1.165, 1.54) is 11.3 Å². The molecule has 3 N–H and O–H groups in total. The molecule has 21 heavy (non-hydrogen) atoms. The number of hydrogen-bond donors (Lipinski definition) is 3. The molecular weight excluding hydrogens is 286 g/mol. The van der Waals surface area contributed by atoms with Crippen molar-refractivity contribution in [2.75, 3.05) is 18.5 Å². The molecule has 1 aromatic carbocycles. The van der Waals surface area contributed by atoms with Crippen molar-refractivity contribution in [1.82, 2.24) is 10.3 Å². The maximum absolute atomic E-state index is 11.8. The molecule has 6 heteroatoms. The van der Waals surface area contributed by atoms with Gasteiger partial charge in [0.25, 0.3) is 0 Å². The normalized spacial score (nSPS) is 15.5. The van der Waals surface area contributed by atoms with Crippen LogP contribution in [0.1, 0.15) is 12.8 Å². The number of aliphatic hydroxyl groups excluding tert-OH is 1. The first-order valence-corrected chi connectivity index (χ1v) is 7.69. The number of carbonyl (C=O) groups excluding carboxylic acids is 1. The first kappa shape index (κ1) is 14.0. The average Bonchev–Trinajstić information content (AvgIpc) is 3.17. The number of aliphatic hydroxyl groups is 1. The molecule has 2 amide bonds. The number of nitrogens with one attached hydrogen (secondary N) is 2. The van der Waals surface area contributed by atoms with E-state index in [0.29, 0.717) is 11.7 Å². The summed E-state index contributed by atoms with van der Waals surface area (Å²) in [6.07, 6.45) is 3.70. The Morgan fingerprint density at radius 3 is 2.76 bits per heavy atom. The fourth-order valence-corrected chi connectivity index (χ4v) is 2.86. The molecule has 0 atom stereocenters. The van der Waals surface area contributed by atoms with Crippen molar-refractivity contribution in [2.24, 2.45) is 5.41 Å². The molecule has 110 valence electrons. The molecule has 3 rings (SSSR count). The SMILES string of the molecule is O=C(NCC1(CO)CC1)Nc1ncc(-c2ccccc2)s1. The predicted octanol–water partition coefficient (Wildman–Crippen LogP) is 2.70. The fraction of sp³-hybridized carbons (Fsp3) is 0.333. The molecule has 1 saturated carbocycles. The molecule has 1 aliphatic carbocycles. The minimum absolute atomic E-state index is 0.0879. The number of amides is 2. The lowest BCUT2D eigenvalue weighted by atomic mass is 10.1. The van der Waals surface area contributed by atoms with E-state index < -0.39 is 0 Å². The van der Waals surface area contributed by atoms with Gasteiger partial charge in [-0.05, 0) is 18.4 Å². The molecule has 0 unspecified atom stereocenters. The quantitative estimate of drug-likeness (QED) is 0.795. The van der Waals surface area contributed by atoms with Gasteiger partial charge in [-0.25, -0.2) is 9.78 Å². The molecule has 0 radical (unpaired) electrons. The van der Waals surface area contributed by atoms with E-state index in [2.05, 4.69) is 15.6 Å². The van der Waals surface area contributed by atoms with E-state index in [4.69, 9.17) is 0 Å². The molecular formula is C15H17N3O2S. The van der Waals surface area contributed by atoms with Crippen LogP contribution in [0.5, 0.6) is 0 Å². The average molecular weight is 303 g/mol. The molecule has 0 spiro atoms. The summed E-state index contributed by atoms with van der Waals surface area (Å²) in [5.41, 5.74) is 0.996. The molecule has 5 nitrogen and oxygen atoms in total. The van der Waals surface area contributed by atoms with Gasteiger partial charge in [0.2, 0.25) is 0 Å². The summed E-state index contributed by atoms with van der Waals surface area (Å²) >= 11 is 1.44. The van der Waals surface area contributed by atoms with E-state index in [1.807, 2.05) is 30.3 Å². The Hall–Kier alpha value is -1.92. The number of benzene rings is 1. The van der Waals surface area contributed by atoms with Crippen molar-refractivity contribution >= 4 is 22.5 Å². The molecule has 1 aliphatic rings. The van der Waals surface area contributed by atoms with Crippen molar-refractivity contribution in [3.8, 4) is 10.4 Å². The van der Waals surface area contributed by atoms with Crippen LogP contribution in [0.25, 0.3) is 10.4 Å². The van der Waals surface area contributed by atoms with Gasteiger partial charge in [0, 0.05) is 18.2 Å². The van der Waals surface area contributed by atoms with Crippen LogP contribution in [0.4, 0.5) is 9.93 Å². The van der Waals surface area contributed by atoms with Crippen molar-refractivity contribution in [3.05, 3.63) is 36.5 Å². The van der Waals surface area contributed by atoms with Gasteiger partial charge in [0.05, 0.1) is 11.5 Å². The van der Waals surface area contributed by atoms with Gasteiger partial charge < -0.3 is 10.4 Å². The lowest BCUT2D eigenvalue weighted by Crippen LogP contribution is -2.35. The Morgan fingerprint density at radius 1 is 1.33 bits per heavy atom. The summed E-state index contributed by atoms with van der Waals surface area (Å²) in [4.78, 5) is 17.0. The highest BCUT2D eigenvalue weighted by atomic mass is 32.1. The molecule has 1 heterocycles. The van der Waals surface area contributed by atoms with Crippen LogP contribution < -0.4 is 10.6 Å². The summed E-state index contributed by atoms with van der Waals surface area (Å²) < 4.78 is 0. The summed E-state index contributed by atoms with van der Waals surface area (Å²) in [5.74, 6) is 0. The third kappa shape index (κ3) is 3.40. The molecule has 0 bridgehead atoms. The van der Waals surface area contributed by atoms with Crippen molar-refractivity contribution < 1.29 is 9.90 Å².